The number of para-hydroxylation sites is 1. The zero-order valence-corrected chi connectivity index (χ0v) is 21.0. The van der Waals surface area contributed by atoms with E-state index in [1.165, 1.54) is 17.0 Å². The molecule has 2 amide bonds. The Balaban J connectivity index is 1.99. The number of nitrogens with zero attached hydrogens (tertiary/aromatic N) is 2. The van der Waals surface area contributed by atoms with Crippen molar-refractivity contribution in [3.63, 3.8) is 0 Å². The lowest BCUT2D eigenvalue weighted by atomic mass is 10.1. The van der Waals surface area contributed by atoms with E-state index in [4.69, 9.17) is 0 Å². The lowest BCUT2D eigenvalue weighted by molar-refractivity contribution is -0.139. The fourth-order valence-electron chi connectivity index (χ4n) is 3.65. The Morgan fingerprint density at radius 3 is 2.03 bits per heavy atom. The number of sulfonamides is 1. The van der Waals surface area contributed by atoms with E-state index < -0.39 is 28.5 Å². The van der Waals surface area contributed by atoms with E-state index in [0.29, 0.717) is 12.2 Å². The zero-order valence-electron chi connectivity index (χ0n) is 20.2. The first kappa shape index (κ1) is 26.0. The Kier molecular flexibility index (Phi) is 8.65. The highest BCUT2D eigenvalue weighted by molar-refractivity contribution is 7.92. The SMILES string of the molecule is CCNC(=O)[C@@H](C)N(Cc1ccccc1)C(=O)CN(c1ccccc1)S(=O)(=O)c1ccc(C)cc1. The molecule has 0 unspecified atom stereocenters. The normalized spacial score (nSPS) is 12.0. The minimum atomic E-state index is -4.04. The van der Waals surface area contributed by atoms with Crippen LogP contribution in [-0.4, -0.2) is 44.3 Å². The van der Waals surface area contributed by atoms with Crippen molar-refractivity contribution >= 4 is 27.5 Å². The van der Waals surface area contributed by atoms with Gasteiger partial charge in [0.2, 0.25) is 11.8 Å². The minimum Gasteiger partial charge on any atom is -0.355 e. The number of hydrogen-bond acceptors (Lipinski definition) is 4. The molecule has 1 N–H and O–H groups in total. The number of benzene rings is 3. The van der Waals surface area contributed by atoms with Crippen LogP contribution >= 0.6 is 0 Å². The summed E-state index contributed by atoms with van der Waals surface area (Å²) in [6.45, 7) is 5.47. The van der Waals surface area contributed by atoms with E-state index in [-0.39, 0.29) is 17.3 Å². The van der Waals surface area contributed by atoms with Crippen molar-refractivity contribution in [2.45, 2.75) is 38.3 Å². The second-order valence-electron chi connectivity index (χ2n) is 8.24. The molecule has 3 aromatic rings. The molecule has 0 aliphatic rings. The summed E-state index contributed by atoms with van der Waals surface area (Å²) in [5.74, 6) is -0.781. The first-order valence-electron chi connectivity index (χ1n) is 11.5. The summed E-state index contributed by atoms with van der Waals surface area (Å²) in [5.41, 5.74) is 2.13. The van der Waals surface area contributed by atoms with Gasteiger partial charge in [-0.05, 0) is 50.6 Å². The van der Waals surface area contributed by atoms with E-state index in [0.717, 1.165) is 15.4 Å². The number of likely N-dealkylation sites (N-methyl/N-ethyl adjacent to an activating group) is 1. The van der Waals surface area contributed by atoms with Gasteiger partial charge in [0.15, 0.2) is 0 Å². The lowest BCUT2D eigenvalue weighted by Crippen LogP contribution is -2.51. The maximum absolute atomic E-state index is 13.7. The first-order chi connectivity index (χ1) is 16.7. The van der Waals surface area contributed by atoms with Crippen molar-refractivity contribution in [2.24, 2.45) is 0 Å². The Hall–Kier alpha value is -3.65. The van der Waals surface area contributed by atoms with Crippen LogP contribution in [0.4, 0.5) is 5.69 Å². The van der Waals surface area contributed by atoms with E-state index in [1.54, 1.807) is 56.3 Å². The predicted molar refractivity (Wildman–Crippen MR) is 137 cm³/mol. The number of carbonyl (C=O) groups is 2. The third-order valence-corrected chi connectivity index (χ3v) is 7.43. The van der Waals surface area contributed by atoms with Crippen molar-refractivity contribution in [3.8, 4) is 0 Å². The molecule has 3 rings (SSSR count). The molecule has 0 aliphatic carbocycles. The average Bonchev–Trinajstić information content (AvgIpc) is 2.86. The average molecular weight is 494 g/mol. The van der Waals surface area contributed by atoms with Gasteiger partial charge in [0, 0.05) is 13.1 Å². The highest BCUT2D eigenvalue weighted by Crippen LogP contribution is 2.24. The Labute approximate surface area is 207 Å². The van der Waals surface area contributed by atoms with Gasteiger partial charge in [0.25, 0.3) is 10.0 Å². The molecule has 1 atom stereocenters. The van der Waals surface area contributed by atoms with Gasteiger partial charge in [-0.2, -0.15) is 0 Å². The van der Waals surface area contributed by atoms with Crippen LogP contribution < -0.4 is 9.62 Å². The molecule has 0 radical (unpaired) electrons. The summed E-state index contributed by atoms with van der Waals surface area (Å²) < 4.78 is 28.4. The van der Waals surface area contributed by atoms with Crippen molar-refractivity contribution in [1.82, 2.24) is 10.2 Å². The van der Waals surface area contributed by atoms with E-state index in [2.05, 4.69) is 5.32 Å². The minimum absolute atomic E-state index is 0.0890. The summed E-state index contributed by atoms with van der Waals surface area (Å²) in [5, 5.41) is 2.75. The zero-order chi connectivity index (χ0) is 25.4. The van der Waals surface area contributed by atoms with Crippen LogP contribution in [0.5, 0.6) is 0 Å². The third kappa shape index (κ3) is 6.48. The van der Waals surface area contributed by atoms with Crippen LogP contribution in [0, 0.1) is 6.92 Å². The standard InChI is InChI=1S/C27H31N3O4S/c1-4-28-27(32)22(3)29(19-23-11-7-5-8-12-23)26(31)20-30(24-13-9-6-10-14-24)35(33,34)25-17-15-21(2)16-18-25/h5-18,22H,4,19-20H2,1-3H3,(H,28,32)/t22-/m1/s1. The molecule has 8 heteroatoms. The van der Waals surface area contributed by atoms with Gasteiger partial charge in [0.1, 0.15) is 12.6 Å². The highest BCUT2D eigenvalue weighted by Gasteiger charge is 2.32. The number of rotatable bonds is 10. The topological polar surface area (TPSA) is 86.8 Å². The van der Waals surface area contributed by atoms with Gasteiger partial charge in [-0.25, -0.2) is 8.42 Å². The van der Waals surface area contributed by atoms with Crippen LogP contribution in [0.3, 0.4) is 0 Å². The van der Waals surface area contributed by atoms with Crippen LogP contribution in [0.1, 0.15) is 25.0 Å². The smallest absolute Gasteiger partial charge is 0.264 e. The van der Waals surface area contributed by atoms with Crippen molar-refractivity contribution in [1.29, 1.82) is 0 Å². The summed E-state index contributed by atoms with van der Waals surface area (Å²) in [7, 11) is -4.04. The first-order valence-corrected chi connectivity index (χ1v) is 12.9. The van der Waals surface area contributed by atoms with Gasteiger partial charge < -0.3 is 10.2 Å². The second kappa shape index (κ2) is 11.7. The number of anilines is 1. The number of hydrogen-bond donors (Lipinski definition) is 1. The molecule has 0 saturated carbocycles. The fourth-order valence-corrected chi connectivity index (χ4v) is 5.06. The number of aryl methyl sites for hydroxylation is 1. The number of carbonyl (C=O) groups excluding carboxylic acids is 2. The molecule has 35 heavy (non-hydrogen) atoms. The van der Waals surface area contributed by atoms with Crippen LogP contribution in [-0.2, 0) is 26.2 Å². The number of nitrogens with one attached hydrogen (secondary N) is 1. The Morgan fingerprint density at radius 1 is 0.886 bits per heavy atom. The Bertz CT molecular complexity index is 1230. The summed E-state index contributed by atoms with van der Waals surface area (Å²) in [4.78, 5) is 27.8. The quantitative estimate of drug-likeness (QED) is 0.466. The van der Waals surface area contributed by atoms with Gasteiger partial charge in [-0.15, -0.1) is 0 Å². The molecule has 0 aromatic heterocycles. The summed E-state index contributed by atoms with van der Waals surface area (Å²) in [6, 6.07) is 23.5. The van der Waals surface area contributed by atoms with Crippen molar-refractivity contribution in [2.75, 3.05) is 17.4 Å². The van der Waals surface area contributed by atoms with Gasteiger partial charge >= 0.3 is 0 Å². The molecular formula is C27H31N3O4S. The molecular weight excluding hydrogens is 462 g/mol. The van der Waals surface area contributed by atoms with Crippen molar-refractivity contribution in [3.05, 3.63) is 96.1 Å². The van der Waals surface area contributed by atoms with Gasteiger partial charge in [-0.3, -0.25) is 13.9 Å². The molecule has 7 nitrogen and oxygen atoms in total. The van der Waals surface area contributed by atoms with E-state index >= 15 is 0 Å². The predicted octanol–water partition coefficient (Wildman–Crippen LogP) is 3.74. The van der Waals surface area contributed by atoms with Gasteiger partial charge in [0.05, 0.1) is 10.6 Å². The maximum Gasteiger partial charge on any atom is 0.264 e. The summed E-state index contributed by atoms with van der Waals surface area (Å²) in [6.07, 6.45) is 0. The number of amides is 2. The third-order valence-electron chi connectivity index (χ3n) is 5.65. The maximum atomic E-state index is 13.7. The molecule has 0 aliphatic heterocycles. The van der Waals surface area contributed by atoms with Crippen LogP contribution in [0.15, 0.2) is 89.8 Å². The van der Waals surface area contributed by atoms with Gasteiger partial charge in [-0.1, -0.05) is 66.2 Å². The highest BCUT2D eigenvalue weighted by atomic mass is 32.2. The molecule has 184 valence electrons. The van der Waals surface area contributed by atoms with Crippen LogP contribution in [0.25, 0.3) is 0 Å². The monoisotopic (exact) mass is 493 g/mol. The lowest BCUT2D eigenvalue weighted by Gasteiger charge is -2.32. The van der Waals surface area contributed by atoms with E-state index in [9.17, 15) is 18.0 Å². The molecule has 3 aromatic carbocycles. The second-order valence-corrected chi connectivity index (χ2v) is 10.1. The van der Waals surface area contributed by atoms with E-state index in [1.807, 2.05) is 37.3 Å². The largest absolute Gasteiger partial charge is 0.355 e. The fraction of sp³-hybridized carbons (Fsp3) is 0.259. The molecule has 0 fully saturated rings. The summed E-state index contributed by atoms with van der Waals surface area (Å²) >= 11 is 0. The molecule has 0 saturated heterocycles. The molecule has 0 heterocycles. The van der Waals surface area contributed by atoms with Crippen LogP contribution in [0.2, 0.25) is 0 Å². The Morgan fingerprint density at radius 2 is 1.46 bits per heavy atom. The molecule has 0 bridgehead atoms. The molecule has 0 spiro atoms. The van der Waals surface area contributed by atoms with Crippen molar-refractivity contribution < 1.29 is 18.0 Å².